The van der Waals surface area contributed by atoms with Crippen molar-refractivity contribution in [2.75, 3.05) is 13.1 Å². The van der Waals surface area contributed by atoms with Gasteiger partial charge in [0.2, 0.25) is 0 Å². The minimum absolute atomic E-state index is 0.0782. The fourth-order valence-corrected chi connectivity index (χ4v) is 3.24. The van der Waals surface area contributed by atoms with Crippen LogP contribution in [-0.2, 0) is 0 Å². The van der Waals surface area contributed by atoms with E-state index in [1.165, 1.54) is 12.1 Å². The number of carboxylic acid groups (broad SMARTS) is 1. The normalized spacial score (nSPS) is 17.4. The monoisotopic (exact) mass is 324 g/mol. The zero-order chi connectivity index (χ0) is 16.7. The Hall–Kier alpha value is -2.93. The number of hydrogen-bond acceptors (Lipinski definition) is 4. The number of carbonyl (C=O) groups is 1. The number of imidazole rings is 1. The highest BCUT2D eigenvalue weighted by atomic mass is 16.4. The predicted octanol–water partition coefficient (Wildman–Crippen LogP) is 1.42. The molecule has 1 unspecified atom stereocenters. The number of hydrogen-bond donors (Lipinski definition) is 2. The van der Waals surface area contributed by atoms with Crippen molar-refractivity contribution in [3.05, 3.63) is 58.6 Å². The van der Waals surface area contributed by atoms with Crippen LogP contribution < -0.4 is 11.0 Å². The van der Waals surface area contributed by atoms with Crippen LogP contribution >= 0.6 is 0 Å². The molecule has 3 aromatic rings. The Labute approximate surface area is 137 Å². The topological polar surface area (TPSA) is 89.1 Å². The van der Waals surface area contributed by atoms with Crippen LogP contribution in [0.5, 0.6) is 0 Å². The molecule has 122 valence electrons. The lowest BCUT2D eigenvalue weighted by molar-refractivity contribution is 0.0697. The molecular formula is C17H16N4O3. The molecule has 0 radical (unpaired) electrons. The second-order valence-electron chi connectivity index (χ2n) is 5.83. The third-order valence-corrected chi connectivity index (χ3v) is 4.40. The molecular weight excluding hydrogens is 308 g/mol. The molecule has 0 saturated carbocycles. The molecule has 1 aromatic carbocycles. The summed E-state index contributed by atoms with van der Waals surface area (Å²) < 4.78 is 3.33. The summed E-state index contributed by atoms with van der Waals surface area (Å²) in [6.07, 6.45) is 2.56. The molecule has 0 bridgehead atoms. The van der Waals surface area contributed by atoms with E-state index in [9.17, 15) is 9.59 Å². The lowest BCUT2D eigenvalue weighted by Gasteiger charge is -2.09. The summed E-state index contributed by atoms with van der Waals surface area (Å²) in [5.41, 5.74) is 2.04. The maximum Gasteiger partial charge on any atom is 0.335 e. The summed E-state index contributed by atoms with van der Waals surface area (Å²) >= 11 is 0. The van der Waals surface area contributed by atoms with Crippen molar-refractivity contribution in [2.24, 2.45) is 0 Å². The number of aromatic nitrogens is 3. The molecule has 3 heterocycles. The van der Waals surface area contributed by atoms with Gasteiger partial charge in [-0.25, -0.2) is 14.6 Å². The molecule has 0 spiro atoms. The molecule has 0 aliphatic carbocycles. The molecule has 2 aromatic heterocycles. The number of benzene rings is 1. The van der Waals surface area contributed by atoms with Crippen molar-refractivity contribution < 1.29 is 9.90 Å². The summed E-state index contributed by atoms with van der Waals surface area (Å²) in [7, 11) is 0. The summed E-state index contributed by atoms with van der Waals surface area (Å²) in [4.78, 5) is 28.5. The first-order chi connectivity index (χ1) is 11.7. The summed E-state index contributed by atoms with van der Waals surface area (Å²) in [5.74, 6) is -0.991. The number of nitrogens with zero attached hydrogens (tertiary/aromatic N) is 3. The Morgan fingerprint density at radius 1 is 1.25 bits per heavy atom. The Morgan fingerprint density at radius 3 is 2.71 bits per heavy atom. The van der Waals surface area contributed by atoms with Crippen LogP contribution in [0.1, 0.15) is 22.8 Å². The first-order valence-electron chi connectivity index (χ1n) is 7.79. The minimum Gasteiger partial charge on any atom is -0.478 e. The standard InChI is InChI=1S/C17H16N4O3/c22-16(23)11-3-5-12(6-4-11)20-14-2-1-8-19-15(14)21(17(20)24)13-7-9-18-10-13/h1-6,8,13,18H,7,9-10H2,(H,22,23). The Kier molecular flexibility index (Phi) is 3.42. The van der Waals surface area contributed by atoms with E-state index in [0.717, 1.165) is 25.0 Å². The summed E-state index contributed by atoms with van der Waals surface area (Å²) in [6.45, 7) is 1.62. The van der Waals surface area contributed by atoms with Gasteiger partial charge in [0.05, 0.1) is 22.8 Å². The molecule has 1 aliphatic rings. The Morgan fingerprint density at radius 2 is 2.04 bits per heavy atom. The van der Waals surface area contributed by atoms with Crippen LogP contribution in [0.2, 0.25) is 0 Å². The summed E-state index contributed by atoms with van der Waals surface area (Å²) in [6, 6.07) is 10.0. The van der Waals surface area contributed by atoms with Gasteiger partial charge in [-0.3, -0.25) is 9.13 Å². The molecule has 0 amide bonds. The van der Waals surface area contributed by atoms with Crippen molar-refractivity contribution in [2.45, 2.75) is 12.5 Å². The molecule has 7 nitrogen and oxygen atoms in total. The Balaban J connectivity index is 1.93. The Bertz CT molecular complexity index is 966. The number of nitrogens with one attached hydrogen (secondary N) is 1. The highest BCUT2D eigenvalue weighted by Gasteiger charge is 2.24. The third-order valence-electron chi connectivity index (χ3n) is 4.40. The molecule has 1 fully saturated rings. The largest absolute Gasteiger partial charge is 0.478 e. The van der Waals surface area contributed by atoms with E-state index in [0.29, 0.717) is 11.3 Å². The number of carboxylic acids is 1. The zero-order valence-electron chi connectivity index (χ0n) is 12.8. The number of pyridine rings is 1. The van der Waals surface area contributed by atoms with Gasteiger partial charge in [0.25, 0.3) is 0 Å². The predicted molar refractivity (Wildman–Crippen MR) is 88.8 cm³/mol. The van der Waals surface area contributed by atoms with E-state index in [1.807, 2.05) is 6.07 Å². The van der Waals surface area contributed by atoms with Crippen molar-refractivity contribution in [3.8, 4) is 5.69 Å². The van der Waals surface area contributed by atoms with Crippen LogP contribution in [0.15, 0.2) is 47.4 Å². The zero-order valence-corrected chi connectivity index (χ0v) is 12.8. The van der Waals surface area contributed by atoms with E-state index in [-0.39, 0.29) is 17.3 Å². The first-order valence-corrected chi connectivity index (χ1v) is 7.79. The van der Waals surface area contributed by atoms with Crippen LogP contribution in [-0.4, -0.2) is 38.3 Å². The van der Waals surface area contributed by atoms with Crippen molar-refractivity contribution in [3.63, 3.8) is 0 Å². The van der Waals surface area contributed by atoms with E-state index in [4.69, 9.17) is 5.11 Å². The minimum atomic E-state index is -0.991. The van der Waals surface area contributed by atoms with Gasteiger partial charge in [-0.15, -0.1) is 0 Å². The van der Waals surface area contributed by atoms with Gasteiger partial charge in [0.15, 0.2) is 5.65 Å². The number of aromatic carboxylic acids is 1. The van der Waals surface area contributed by atoms with Gasteiger partial charge >= 0.3 is 11.7 Å². The average Bonchev–Trinajstić information content (AvgIpc) is 3.20. The highest BCUT2D eigenvalue weighted by Crippen LogP contribution is 2.22. The smallest absolute Gasteiger partial charge is 0.335 e. The maximum atomic E-state index is 13.0. The number of fused-ring (bicyclic) bond motifs is 1. The average molecular weight is 324 g/mol. The van der Waals surface area contributed by atoms with Gasteiger partial charge in [-0.05, 0) is 49.4 Å². The van der Waals surface area contributed by atoms with Gasteiger partial charge in [-0.2, -0.15) is 0 Å². The molecule has 1 saturated heterocycles. The molecule has 2 N–H and O–H groups in total. The van der Waals surface area contributed by atoms with E-state index in [1.54, 1.807) is 33.5 Å². The third kappa shape index (κ3) is 2.21. The van der Waals surface area contributed by atoms with Crippen LogP contribution in [0.25, 0.3) is 16.9 Å². The fraction of sp³-hybridized carbons (Fsp3) is 0.235. The highest BCUT2D eigenvalue weighted by molar-refractivity contribution is 5.87. The van der Waals surface area contributed by atoms with Crippen LogP contribution in [0, 0.1) is 0 Å². The van der Waals surface area contributed by atoms with Crippen LogP contribution in [0.3, 0.4) is 0 Å². The number of rotatable bonds is 3. The molecule has 1 atom stereocenters. The quantitative estimate of drug-likeness (QED) is 0.760. The lowest BCUT2D eigenvalue weighted by atomic mass is 10.2. The van der Waals surface area contributed by atoms with Crippen molar-refractivity contribution >= 4 is 17.1 Å². The SMILES string of the molecule is O=C(O)c1ccc(-n2c(=O)n(C3CCNC3)c3ncccc32)cc1. The van der Waals surface area contributed by atoms with Crippen molar-refractivity contribution in [1.82, 2.24) is 19.4 Å². The van der Waals surface area contributed by atoms with Gasteiger partial charge in [0, 0.05) is 12.7 Å². The van der Waals surface area contributed by atoms with Gasteiger partial charge in [-0.1, -0.05) is 0 Å². The molecule has 7 heteroatoms. The van der Waals surface area contributed by atoms with E-state index in [2.05, 4.69) is 10.3 Å². The second-order valence-corrected chi connectivity index (χ2v) is 5.83. The summed E-state index contributed by atoms with van der Waals surface area (Å²) in [5, 5.41) is 12.3. The van der Waals surface area contributed by atoms with Crippen LogP contribution in [0.4, 0.5) is 0 Å². The fourth-order valence-electron chi connectivity index (χ4n) is 3.24. The van der Waals surface area contributed by atoms with E-state index < -0.39 is 5.97 Å². The molecule has 4 rings (SSSR count). The second kappa shape index (κ2) is 5.61. The molecule has 24 heavy (non-hydrogen) atoms. The van der Waals surface area contributed by atoms with Gasteiger partial charge < -0.3 is 10.4 Å². The van der Waals surface area contributed by atoms with Crippen molar-refractivity contribution in [1.29, 1.82) is 0 Å². The lowest BCUT2D eigenvalue weighted by Crippen LogP contribution is -2.28. The first kappa shape index (κ1) is 14.6. The van der Waals surface area contributed by atoms with Gasteiger partial charge in [0.1, 0.15) is 0 Å². The maximum absolute atomic E-state index is 13.0. The molecule has 1 aliphatic heterocycles. The van der Waals surface area contributed by atoms with E-state index >= 15 is 0 Å².